The standard InChI is InChI=1S/C17H17N3O3S2/c1-9(2)7-23-13-5-4-11(6-12(13)16-20-18-8-24-16)15-19-10(3)14(25-15)17(21)22/h4-6,8-9H,7H2,1-3H3,(H,21,22). The minimum atomic E-state index is -0.956. The van der Waals surface area contributed by atoms with Crippen molar-refractivity contribution in [3.8, 4) is 26.9 Å². The SMILES string of the molecule is Cc1nc(-c2ccc(OCC(C)C)c(-c3nncs3)c2)sc1C(=O)O. The molecule has 130 valence electrons. The largest absolute Gasteiger partial charge is 0.493 e. The second kappa shape index (κ2) is 7.28. The van der Waals surface area contributed by atoms with Gasteiger partial charge in [-0.3, -0.25) is 0 Å². The number of aromatic carboxylic acids is 1. The average Bonchev–Trinajstić information content (AvgIpc) is 3.22. The van der Waals surface area contributed by atoms with Crippen LogP contribution in [0.25, 0.3) is 21.1 Å². The van der Waals surface area contributed by atoms with Gasteiger partial charge in [-0.25, -0.2) is 9.78 Å². The maximum Gasteiger partial charge on any atom is 0.347 e. The molecule has 0 saturated carbocycles. The van der Waals surface area contributed by atoms with Gasteiger partial charge in [-0.2, -0.15) is 0 Å². The highest BCUT2D eigenvalue weighted by atomic mass is 32.1. The molecule has 2 aromatic heterocycles. The number of aryl methyl sites for hydroxylation is 1. The predicted octanol–water partition coefficient (Wildman–Crippen LogP) is 4.37. The molecule has 6 nitrogen and oxygen atoms in total. The maximum absolute atomic E-state index is 11.3. The van der Waals surface area contributed by atoms with Crippen LogP contribution in [0.15, 0.2) is 23.7 Å². The minimum Gasteiger partial charge on any atom is -0.493 e. The zero-order valence-electron chi connectivity index (χ0n) is 14.0. The Bertz CT molecular complexity index is 889. The molecule has 0 atom stereocenters. The second-order valence-electron chi connectivity index (χ2n) is 5.90. The van der Waals surface area contributed by atoms with Gasteiger partial charge in [0, 0.05) is 5.56 Å². The van der Waals surface area contributed by atoms with Crippen molar-refractivity contribution in [1.82, 2.24) is 15.2 Å². The third kappa shape index (κ3) is 3.85. The van der Waals surface area contributed by atoms with Crippen LogP contribution in [0.4, 0.5) is 0 Å². The normalized spacial score (nSPS) is 11.0. The van der Waals surface area contributed by atoms with Crippen LogP contribution < -0.4 is 4.74 Å². The molecule has 25 heavy (non-hydrogen) atoms. The molecule has 0 spiro atoms. The summed E-state index contributed by atoms with van der Waals surface area (Å²) in [6.45, 7) is 6.48. The number of thiazole rings is 1. The van der Waals surface area contributed by atoms with Crippen molar-refractivity contribution in [2.24, 2.45) is 5.92 Å². The molecule has 0 unspecified atom stereocenters. The van der Waals surface area contributed by atoms with E-state index in [1.807, 2.05) is 18.2 Å². The predicted molar refractivity (Wildman–Crippen MR) is 98.5 cm³/mol. The molecule has 3 aromatic rings. The van der Waals surface area contributed by atoms with E-state index in [0.29, 0.717) is 23.2 Å². The number of rotatable bonds is 6. The van der Waals surface area contributed by atoms with Gasteiger partial charge < -0.3 is 9.84 Å². The fourth-order valence-electron chi connectivity index (χ4n) is 2.22. The first-order chi connectivity index (χ1) is 12.0. The van der Waals surface area contributed by atoms with Gasteiger partial charge in [0.2, 0.25) is 0 Å². The summed E-state index contributed by atoms with van der Waals surface area (Å²) in [5.41, 5.74) is 3.86. The molecule has 0 radical (unpaired) electrons. The zero-order valence-corrected chi connectivity index (χ0v) is 15.6. The summed E-state index contributed by atoms with van der Waals surface area (Å²) in [6, 6.07) is 5.70. The Morgan fingerprint density at radius 1 is 1.32 bits per heavy atom. The van der Waals surface area contributed by atoms with E-state index in [4.69, 9.17) is 4.74 Å². The molecular weight excluding hydrogens is 358 g/mol. The second-order valence-corrected chi connectivity index (χ2v) is 7.73. The number of carboxylic acids is 1. The minimum absolute atomic E-state index is 0.257. The molecule has 0 aliphatic carbocycles. The van der Waals surface area contributed by atoms with Crippen LogP contribution >= 0.6 is 22.7 Å². The van der Waals surface area contributed by atoms with Crippen LogP contribution in [-0.4, -0.2) is 32.9 Å². The Hall–Kier alpha value is -2.32. The van der Waals surface area contributed by atoms with E-state index in [1.165, 1.54) is 22.7 Å². The molecule has 0 amide bonds. The third-order valence-electron chi connectivity index (χ3n) is 3.38. The number of nitrogens with zero attached hydrogens (tertiary/aromatic N) is 3. The van der Waals surface area contributed by atoms with Crippen LogP contribution in [0, 0.1) is 12.8 Å². The topological polar surface area (TPSA) is 85.2 Å². The van der Waals surface area contributed by atoms with Crippen molar-refractivity contribution in [1.29, 1.82) is 0 Å². The van der Waals surface area contributed by atoms with E-state index in [-0.39, 0.29) is 4.88 Å². The highest BCUT2D eigenvalue weighted by molar-refractivity contribution is 7.17. The quantitative estimate of drug-likeness (QED) is 0.688. The fraction of sp³-hybridized carbons (Fsp3) is 0.294. The van der Waals surface area contributed by atoms with Gasteiger partial charge in [0.25, 0.3) is 0 Å². The van der Waals surface area contributed by atoms with Gasteiger partial charge in [-0.05, 0) is 31.0 Å². The Labute approximate surface area is 153 Å². The molecule has 1 N–H and O–H groups in total. The molecule has 3 rings (SSSR count). The Kier molecular flexibility index (Phi) is 5.10. The van der Waals surface area contributed by atoms with E-state index in [2.05, 4.69) is 29.0 Å². The van der Waals surface area contributed by atoms with E-state index >= 15 is 0 Å². The lowest BCUT2D eigenvalue weighted by Crippen LogP contribution is -2.05. The van der Waals surface area contributed by atoms with Gasteiger partial charge in [-0.1, -0.05) is 25.2 Å². The first kappa shape index (κ1) is 17.5. The number of benzene rings is 1. The van der Waals surface area contributed by atoms with Crippen molar-refractivity contribution in [3.05, 3.63) is 34.3 Å². The summed E-state index contributed by atoms with van der Waals surface area (Å²) in [7, 11) is 0. The molecule has 0 aliphatic rings. The van der Waals surface area contributed by atoms with E-state index in [1.54, 1.807) is 12.4 Å². The monoisotopic (exact) mass is 375 g/mol. The number of hydrogen-bond acceptors (Lipinski definition) is 7. The summed E-state index contributed by atoms with van der Waals surface area (Å²) >= 11 is 2.59. The third-order valence-corrected chi connectivity index (χ3v) is 5.30. The number of ether oxygens (including phenoxy) is 1. The van der Waals surface area contributed by atoms with E-state index < -0.39 is 5.97 Å². The molecule has 0 fully saturated rings. The Morgan fingerprint density at radius 3 is 2.72 bits per heavy atom. The number of aromatic nitrogens is 3. The van der Waals surface area contributed by atoms with Crippen LogP contribution in [0.2, 0.25) is 0 Å². The lowest BCUT2D eigenvalue weighted by Gasteiger charge is -2.12. The van der Waals surface area contributed by atoms with E-state index in [0.717, 1.165) is 21.9 Å². The number of carboxylic acid groups (broad SMARTS) is 1. The van der Waals surface area contributed by atoms with Crippen LogP contribution in [0.3, 0.4) is 0 Å². The number of carbonyl (C=O) groups is 1. The molecule has 2 heterocycles. The van der Waals surface area contributed by atoms with Crippen molar-refractivity contribution in [2.75, 3.05) is 6.61 Å². The molecule has 1 aromatic carbocycles. The summed E-state index contributed by atoms with van der Waals surface area (Å²) in [6.07, 6.45) is 0. The van der Waals surface area contributed by atoms with Crippen LogP contribution in [0.5, 0.6) is 5.75 Å². The van der Waals surface area contributed by atoms with Crippen LogP contribution in [0.1, 0.15) is 29.2 Å². The molecule has 0 bridgehead atoms. The number of hydrogen-bond donors (Lipinski definition) is 1. The van der Waals surface area contributed by atoms with Gasteiger partial charge in [-0.15, -0.1) is 21.5 Å². The van der Waals surface area contributed by atoms with Crippen LogP contribution in [-0.2, 0) is 0 Å². The Morgan fingerprint density at radius 2 is 2.12 bits per heavy atom. The maximum atomic E-state index is 11.3. The summed E-state index contributed by atoms with van der Waals surface area (Å²) in [4.78, 5) is 15.9. The van der Waals surface area contributed by atoms with Crippen molar-refractivity contribution < 1.29 is 14.6 Å². The zero-order chi connectivity index (χ0) is 18.0. The van der Waals surface area contributed by atoms with Gasteiger partial charge in [0.15, 0.2) is 5.01 Å². The van der Waals surface area contributed by atoms with Gasteiger partial charge in [0.1, 0.15) is 21.1 Å². The van der Waals surface area contributed by atoms with Gasteiger partial charge in [0.05, 0.1) is 17.9 Å². The van der Waals surface area contributed by atoms with Crippen molar-refractivity contribution in [2.45, 2.75) is 20.8 Å². The fourth-order valence-corrected chi connectivity index (χ4v) is 3.70. The highest BCUT2D eigenvalue weighted by Gasteiger charge is 2.18. The Balaban J connectivity index is 2.03. The first-order valence-electron chi connectivity index (χ1n) is 7.70. The smallest absolute Gasteiger partial charge is 0.347 e. The molecular formula is C17H17N3O3S2. The summed E-state index contributed by atoms with van der Waals surface area (Å²) in [5.74, 6) is 0.185. The van der Waals surface area contributed by atoms with Gasteiger partial charge >= 0.3 is 5.97 Å². The molecule has 8 heteroatoms. The lowest BCUT2D eigenvalue weighted by atomic mass is 10.1. The lowest BCUT2D eigenvalue weighted by molar-refractivity contribution is 0.0701. The van der Waals surface area contributed by atoms with Crippen molar-refractivity contribution >= 4 is 28.6 Å². The van der Waals surface area contributed by atoms with Crippen molar-refractivity contribution in [3.63, 3.8) is 0 Å². The summed E-state index contributed by atoms with van der Waals surface area (Å²) in [5, 5.41) is 18.7. The van der Waals surface area contributed by atoms with E-state index in [9.17, 15) is 9.90 Å². The summed E-state index contributed by atoms with van der Waals surface area (Å²) < 4.78 is 5.91. The first-order valence-corrected chi connectivity index (χ1v) is 9.39. The average molecular weight is 375 g/mol. The molecule has 0 aliphatic heterocycles. The highest BCUT2D eigenvalue weighted by Crippen LogP contribution is 2.37. The molecule has 0 saturated heterocycles.